The second kappa shape index (κ2) is 8.72. The molecule has 1 saturated heterocycles. The molecule has 0 aliphatic carbocycles. The predicted molar refractivity (Wildman–Crippen MR) is 115 cm³/mol. The molecule has 3 aromatic carbocycles. The first-order valence-corrected chi connectivity index (χ1v) is 10.0. The normalized spacial score (nSPS) is 14.9. The third-order valence-corrected chi connectivity index (χ3v) is 5.56. The summed E-state index contributed by atoms with van der Waals surface area (Å²) in [5, 5.41) is 11.5. The lowest BCUT2D eigenvalue weighted by Gasteiger charge is -2.32. The molecular weight excluding hydrogens is 358 g/mol. The van der Waals surface area contributed by atoms with Crippen LogP contribution in [0, 0.1) is 11.3 Å². The van der Waals surface area contributed by atoms with Crippen LogP contribution in [-0.2, 0) is 11.3 Å². The molecule has 144 valence electrons. The van der Waals surface area contributed by atoms with Crippen molar-refractivity contribution in [3.63, 3.8) is 0 Å². The maximum absolute atomic E-state index is 12.5. The SMILES string of the molecule is N#Cc1ccc(/C=C/C(=O)N2CC[NH+](Cc3cccc4ccccc34)CC2)cc1. The van der Waals surface area contributed by atoms with E-state index in [0.29, 0.717) is 5.56 Å². The summed E-state index contributed by atoms with van der Waals surface area (Å²) >= 11 is 0. The van der Waals surface area contributed by atoms with E-state index in [0.717, 1.165) is 38.3 Å². The van der Waals surface area contributed by atoms with E-state index in [9.17, 15) is 4.79 Å². The zero-order valence-electron chi connectivity index (χ0n) is 16.3. The average molecular weight is 382 g/mol. The molecule has 0 saturated carbocycles. The summed E-state index contributed by atoms with van der Waals surface area (Å²) in [6.45, 7) is 4.46. The number of hydrogen-bond acceptors (Lipinski definition) is 2. The van der Waals surface area contributed by atoms with Crippen molar-refractivity contribution in [3.05, 3.63) is 89.5 Å². The van der Waals surface area contributed by atoms with Crippen LogP contribution in [0.1, 0.15) is 16.7 Å². The Morgan fingerprint density at radius 1 is 1.00 bits per heavy atom. The number of hydrogen-bond donors (Lipinski definition) is 1. The van der Waals surface area contributed by atoms with E-state index in [1.165, 1.54) is 21.2 Å². The molecule has 4 heteroatoms. The molecule has 1 fully saturated rings. The Kier molecular flexibility index (Phi) is 5.69. The Morgan fingerprint density at radius 3 is 2.48 bits per heavy atom. The smallest absolute Gasteiger partial charge is 0.246 e. The van der Waals surface area contributed by atoms with Crippen molar-refractivity contribution in [2.75, 3.05) is 26.2 Å². The highest BCUT2D eigenvalue weighted by Gasteiger charge is 2.22. The van der Waals surface area contributed by atoms with E-state index in [4.69, 9.17) is 5.26 Å². The number of carbonyl (C=O) groups is 1. The molecule has 0 spiro atoms. The van der Waals surface area contributed by atoms with Gasteiger partial charge < -0.3 is 9.80 Å². The van der Waals surface area contributed by atoms with Gasteiger partial charge in [0, 0.05) is 11.6 Å². The van der Waals surface area contributed by atoms with Crippen LogP contribution in [0.25, 0.3) is 16.8 Å². The van der Waals surface area contributed by atoms with Crippen LogP contribution < -0.4 is 4.90 Å². The molecular formula is C25H24N3O+. The number of amides is 1. The third kappa shape index (κ3) is 4.53. The van der Waals surface area contributed by atoms with E-state index < -0.39 is 0 Å². The molecule has 0 atom stereocenters. The van der Waals surface area contributed by atoms with Gasteiger partial charge in [0.05, 0.1) is 37.8 Å². The molecule has 1 aliphatic rings. The minimum Gasteiger partial charge on any atom is -0.328 e. The molecule has 4 rings (SSSR count). The summed E-state index contributed by atoms with van der Waals surface area (Å²) in [4.78, 5) is 16.0. The lowest BCUT2D eigenvalue weighted by Crippen LogP contribution is -3.13. The fourth-order valence-electron chi connectivity index (χ4n) is 3.88. The summed E-state index contributed by atoms with van der Waals surface area (Å²) in [5.41, 5.74) is 2.93. The maximum Gasteiger partial charge on any atom is 0.246 e. The number of nitrogens with one attached hydrogen (secondary N) is 1. The van der Waals surface area contributed by atoms with Gasteiger partial charge in [-0.05, 0) is 34.5 Å². The highest BCUT2D eigenvalue weighted by Crippen LogP contribution is 2.17. The van der Waals surface area contributed by atoms with Crippen LogP contribution in [0.2, 0.25) is 0 Å². The minimum atomic E-state index is 0.0542. The van der Waals surface area contributed by atoms with E-state index in [-0.39, 0.29) is 5.91 Å². The number of rotatable bonds is 4. The molecule has 0 radical (unpaired) electrons. The summed E-state index contributed by atoms with van der Waals surface area (Å²) in [6.07, 6.45) is 3.45. The van der Waals surface area contributed by atoms with Crippen LogP contribution in [-0.4, -0.2) is 37.0 Å². The van der Waals surface area contributed by atoms with Crippen LogP contribution in [0.15, 0.2) is 72.8 Å². The van der Waals surface area contributed by atoms with Crippen molar-refractivity contribution in [2.24, 2.45) is 0 Å². The number of carbonyl (C=O) groups excluding carboxylic acids is 1. The van der Waals surface area contributed by atoms with Gasteiger partial charge in [0.25, 0.3) is 0 Å². The van der Waals surface area contributed by atoms with Gasteiger partial charge in [-0.2, -0.15) is 5.26 Å². The van der Waals surface area contributed by atoms with E-state index in [1.807, 2.05) is 23.1 Å². The largest absolute Gasteiger partial charge is 0.328 e. The van der Waals surface area contributed by atoms with E-state index in [2.05, 4.69) is 48.5 Å². The first kappa shape index (κ1) is 18.9. The van der Waals surface area contributed by atoms with Crippen LogP contribution in [0.4, 0.5) is 0 Å². The van der Waals surface area contributed by atoms with Crippen LogP contribution in [0.5, 0.6) is 0 Å². The van der Waals surface area contributed by atoms with E-state index >= 15 is 0 Å². The third-order valence-electron chi connectivity index (χ3n) is 5.56. The van der Waals surface area contributed by atoms with Gasteiger partial charge in [0.1, 0.15) is 6.54 Å². The quantitative estimate of drug-likeness (QED) is 0.706. The van der Waals surface area contributed by atoms with Gasteiger partial charge in [-0.1, -0.05) is 54.6 Å². The van der Waals surface area contributed by atoms with Gasteiger partial charge in [-0.25, -0.2) is 0 Å². The fraction of sp³-hybridized carbons (Fsp3) is 0.200. The maximum atomic E-state index is 12.5. The lowest BCUT2D eigenvalue weighted by atomic mass is 10.0. The predicted octanol–water partition coefficient (Wildman–Crippen LogP) is 2.65. The number of benzene rings is 3. The Hall–Kier alpha value is -3.42. The highest BCUT2D eigenvalue weighted by atomic mass is 16.2. The van der Waals surface area contributed by atoms with Gasteiger partial charge in [0.2, 0.25) is 5.91 Å². The number of quaternary nitrogens is 1. The van der Waals surface area contributed by atoms with Crippen LogP contribution in [0.3, 0.4) is 0 Å². The Morgan fingerprint density at radius 2 is 1.72 bits per heavy atom. The average Bonchev–Trinajstić information content (AvgIpc) is 2.78. The first-order valence-electron chi connectivity index (χ1n) is 10.0. The zero-order valence-corrected chi connectivity index (χ0v) is 16.3. The molecule has 1 N–H and O–H groups in total. The van der Waals surface area contributed by atoms with Crippen molar-refractivity contribution in [2.45, 2.75) is 6.54 Å². The summed E-state index contributed by atoms with van der Waals surface area (Å²) in [5.74, 6) is 0.0542. The Labute approximate surface area is 171 Å². The van der Waals surface area contributed by atoms with Gasteiger partial charge in [0.15, 0.2) is 0 Å². The molecule has 1 heterocycles. The van der Waals surface area contributed by atoms with Gasteiger partial charge in [-0.15, -0.1) is 0 Å². The second-order valence-electron chi connectivity index (χ2n) is 7.46. The number of piperazine rings is 1. The number of nitrogens with zero attached hydrogens (tertiary/aromatic N) is 2. The minimum absolute atomic E-state index is 0.0542. The van der Waals surface area contributed by atoms with Crippen molar-refractivity contribution < 1.29 is 9.69 Å². The fourth-order valence-corrected chi connectivity index (χ4v) is 3.88. The van der Waals surface area contributed by atoms with Crippen LogP contribution >= 0.6 is 0 Å². The van der Waals surface area contributed by atoms with E-state index in [1.54, 1.807) is 18.2 Å². The standard InChI is InChI=1S/C25H23N3O/c26-18-21-10-8-20(9-11-21)12-13-25(29)28-16-14-27(15-17-28)19-23-6-3-5-22-4-1-2-7-24(22)23/h1-13H,14-17,19H2/p+1/b13-12+. The Balaban J connectivity index is 1.33. The molecule has 1 aliphatic heterocycles. The monoisotopic (exact) mass is 382 g/mol. The molecule has 0 unspecified atom stereocenters. The number of fused-ring (bicyclic) bond motifs is 1. The number of nitriles is 1. The van der Waals surface area contributed by atoms with Gasteiger partial charge >= 0.3 is 0 Å². The molecule has 0 aromatic heterocycles. The molecule has 29 heavy (non-hydrogen) atoms. The summed E-state index contributed by atoms with van der Waals surface area (Å²) < 4.78 is 0. The van der Waals surface area contributed by atoms with Crippen molar-refractivity contribution in [3.8, 4) is 6.07 Å². The topological polar surface area (TPSA) is 48.5 Å². The summed E-state index contributed by atoms with van der Waals surface area (Å²) in [7, 11) is 0. The first-order chi connectivity index (χ1) is 14.2. The second-order valence-corrected chi connectivity index (χ2v) is 7.46. The van der Waals surface area contributed by atoms with Gasteiger partial charge in [-0.3, -0.25) is 4.79 Å². The highest BCUT2D eigenvalue weighted by molar-refractivity contribution is 5.91. The van der Waals surface area contributed by atoms with Crippen molar-refractivity contribution in [1.29, 1.82) is 5.26 Å². The lowest BCUT2D eigenvalue weighted by molar-refractivity contribution is -0.917. The van der Waals surface area contributed by atoms with Crippen molar-refractivity contribution in [1.82, 2.24) is 4.90 Å². The molecule has 3 aromatic rings. The Bertz CT molecular complexity index is 1070. The van der Waals surface area contributed by atoms with Crippen molar-refractivity contribution >= 4 is 22.8 Å². The molecule has 1 amide bonds. The zero-order chi connectivity index (χ0) is 20.1. The molecule has 4 nitrogen and oxygen atoms in total. The summed E-state index contributed by atoms with van der Waals surface area (Å²) in [6, 6.07) is 24.4. The molecule has 0 bridgehead atoms.